The van der Waals surface area contributed by atoms with Crippen LogP contribution in [0.3, 0.4) is 0 Å². The van der Waals surface area contributed by atoms with Gasteiger partial charge in [0, 0.05) is 11.1 Å². The summed E-state index contributed by atoms with van der Waals surface area (Å²) in [6, 6.07) is 9.36. The molecule has 0 spiro atoms. The van der Waals surface area contributed by atoms with E-state index in [2.05, 4.69) is 31.9 Å². The number of rotatable bonds is 3. The van der Waals surface area contributed by atoms with Gasteiger partial charge in [-0.05, 0) is 62.2 Å². The molecule has 0 unspecified atom stereocenters. The Balaban J connectivity index is 2.44. The first-order valence-corrected chi connectivity index (χ1v) is 6.95. The molecule has 0 saturated carbocycles. The van der Waals surface area contributed by atoms with E-state index in [0.717, 1.165) is 0 Å². The third-order valence-corrected chi connectivity index (χ3v) is 4.04. The molecule has 2 aromatic rings. The summed E-state index contributed by atoms with van der Waals surface area (Å²) in [5.74, 6) is -0.0805. The van der Waals surface area contributed by atoms with E-state index in [1.54, 1.807) is 31.4 Å². The lowest BCUT2D eigenvalue weighted by atomic mass is 10.0. The number of methoxy groups -OCH3 is 1. The zero-order chi connectivity index (χ0) is 14.0. The van der Waals surface area contributed by atoms with Gasteiger partial charge in [0.15, 0.2) is 5.78 Å². The summed E-state index contributed by atoms with van der Waals surface area (Å²) in [7, 11) is 1.55. The number of hydrogen-bond acceptors (Lipinski definition) is 2. The molecule has 98 valence electrons. The number of halogens is 3. The molecule has 5 heteroatoms. The van der Waals surface area contributed by atoms with E-state index in [1.165, 1.54) is 12.1 Å². The van der Waals surface area contributed by atoms with E-state index < -0.39 is 5.82 Å². The standard InChI is InChI=1S/C14H9Br2FO2/c1-19-12-6-5-8(7-10(12)15)14(18)9-3-2-4-11(17)13(9)16/h2-7H,1H3. The topological polar surface area (TPSA) is 26.3 Å². The molecule has 0 amide bonds. The fraction of sp³-hybridized carbons (Fsp3) is 0.0714. The van der Waals surface area contributed by atoms with Crippen molar-refractivity contribution >= 4 is 37.6 Å². The van der Waals surface area contributed by atoms with Crippen molar-refractivity contribution in [2.75, 3.05) is 7.11 Å². The fourth-order valence-corrected chi connectivity index (χ4v) is 2.63. The maximum absolute atomic E-state index is 13.4. The third kappa shape index (κ3) is 2.87. The van der Waals surface area contributed by atoms with Crippen LogP contribution < -0.4 is 4.74 Å². The van der Waals surface area contributed by atoms with Gasteiger partial charge in [-0.25, -0.2) is 4.39 Å². The van der Waals surface area contributed by atoms with E-state index in [4.69, 9.17) is 4.74 Å². The number of carbonyl (C=O) groups is 1. The van der Waals surface area contributed by atoms with Crippen LogP contribution >= 0.6 is 31.9 Å². The zero-order valence-electron chi connectivity index (χ0n) is 9.91. The first-order chi connectivity index (χ1) is 9.04. The fourth-order valence-electron chi connectivity index (χ4n) is 1.64. The molecular weight excluding hydrogens is 379 g/mol. The van der Waals surface area contributed by atoms with Gasteiger partial charge in [0.05, 0.1) is 16.1 Å². The van der Waals surface area contributed by atoms with E-state index in [0.29, 0.717) is 15.8 Å². The monoisotopic (exact) mass is 386 g/mol. The molecule has 2 aromatic carbocycles. The quantitative estimate of drug-likeness (QED) is 0.720. The van der Waals surface area contributed by atoms with Crippen LogP contribution in [0.4, 0.5) is 4.39 Å². The van der Waals surface area contributed by atoms with Crippen LogP contribution in [0.1, 0.15) is 15.9 Å². The molecule has 2 nitrogen and oxygen atoms in total. The molecule has 0 saturated heterocycles. The Labute approximate surface area is 126 Å². The van der Waals surface area contributed by atoms with Gasteiger partial charge in [0.1, 0.15) is 11.6 Å². The Bertz CT molecular complexity index is 641. The molecule has 0 heterocycles. The molecule has 0 aliphatic rings. The van der Waals surface area contributed by atoms with Crippen molar-refractivity contribution in [2.24, 2.45) is 0 Å². The van der Waals surface area contributed by atoms with Crippen LogP contribution in [0.2, 0.25) is 0 Å². The molecule has 0 N–H and O–H groups in total. The number of ketones is 1. The maximum atomic E-state index is 13.4. The molecular formula is C14H9Br2FO2. The van der Waals surface area contributed by atoms with Gasteiger partial charge in [-0.15, -0.1) is 0 Å². The molecule has 0 aromatic heterocycles. The van der Waals surface area contributed by atoms with Crippen molar-refractivity contribution in [1.82, 2.24) is 0 Å². The highest BCUT2D eigenvalue weighted by atomic mass is 79.9. The van der Waals surface area contributed by atoms with Gasteiger partial charge < -0.3 is 4.74 Å². The summed E-state index contributed by atoms with van der Waals surface area (Å²) in [6.45, 7) is 0. The van der Waals surface area contributed by atoms with Crippen LogP contribution in [0.15, 0.2) is 45.3 Å². The molecule has 0 aliphatic heterocycles. The average Bonchev–Trinajstić information content (AvgIpc) is 2.41. The predicted molar refractivity (Wildman–Crippen MR) is 78.2 cm³/mol. The Hall–Kier alpha value is -1.20. The van der Waals surface area contributed by atoms with Gasteiger partial charge in [-0.2, -0.15) is 0 Å². The lowest BCUT2D eigenvalue weighted by Gasteiger charge is -2.07. The average molecular weight is 388 g/mol. The van der Waals surface area contributed by atoms with Crippen LogP contribution in [-0.2, 0) is 0 Å². The Kier molecular flexibility index (Phi) is 4.37. The predicted octanol–water partition coefficient (Wildman–Crippen LogP) is 4.59. The highest BCUT2D eigenvalue weighted by Crippen LogP contribution is 2.28. The molecule has 0 aliphatic carbocycles. The van der Waals surface area contributed by atoms with E-state index in [9.17, 15) is 9.18 Å². The highest BCUT2D eigenvalue weighted by molar-refractivity contribution is 9.10. The van der Waals surface area contributed by atoms with Crippen molar-refractivity contribution in [3.05, 3.63) is 62.3 Å². The summed E-state index contributed by atoms with van der Waals surface area (Å²) < 4.78 is 19.4. The number of hydrogen-bond donors (Lipinski definition) is 0. The van der Waals surface area contributed by atoms with Crippen molar-refractivity contribution in [1.29, 1.82) is 0 Å². The molecule has 0 bridgehead atoms. The molecule has 0 atom stereocenters. The van der Waals surface area contributed by atoms with Crippen molar-refractivity contribution < 1.29 is 13.9 Å². The van der Waals surface area contributed by atoms with E-state index in [-0.39, 0.29) is 15.8 Å². The third-order valence-electron chi connectivity index (χ3n) is 2.61. The van der Waals surface area contributed by atoms with Crippen LogP contribution in [0, 0.1) is 5.82 Å². The summed E-state index contributed by atoms with van der Waals surface area (Å²) >= 11 is 6.41. The lowest BCUT2D eigenvalue weighted by Crippen LogP contribution is -2.03. The Morgan fingerprint density at radius 1 is 1.21 bits per heavy atom. The van der Waals surface area contributed by atoms with Gasteiger partial charge in [0.25, 0.3) is 0 Å². The number of benzene rings is 2. The summed E-state index contributed by atoms with van der Waals surface area (Å²) in [6.07, 6.45) is 0. The molecule has 19 heavy (non-hydrogen) atoms. The SMILES string of the molecule is COc1ccc(C(=O)c2cccc(F)c2Br)cc1Br. The minimum Gasteiger partial charge on any atom is -0.496 e. The lowest BCUT2D eigenvalue weighted by molar-refractivity contribution is 0.103. The first kappa shape index (κ1) is 14.2. The Morgan fingerprint density at radius 2 is 1.95 bits per heavy atom. The normalized spacial score (nSPS) is 10.3. The highest BCUT2D eigenvalue weighted by Gasteiger charge is 2.16. The van der Waals surface area contributed by atoms with Gasteiger partial charge >= 0.3 is 0 Å². The smallest absolute Gasteiger partial charge is 0.194 e. The minimum atomic E-state index is -0.460. The van der Waals surface area contributed by atoms with Gasteiger partial charge in [-0.1, -0.05) is 6.07 Å². The minimum absolute atomic E-state index is 0.173. The second-order valence-corrected chi connectivity index (χ2v) is 5.43. The maximum Gasteiger partial charge on any atom is 0.194 e. The van der Waals surface area contributed by atoms with Crippen LogP contribution in [-0.4, -0.2) is 12.9 Å². The largest absolute Gasteiger partial charge is 0.496 e. The summed E-state index contributed by atoms with van der Waals surface area (Å²) in [5, 5.41) is 0. The molecule has 2 rings (SSSR count). The first-order valence-electron chi connectivity index (χ1n) is 5.37. The van der Waals surface area contributed by atoms with Gasteiger partial charge in [0.2, 0.25) is 0 Å². The van der Waals surface area contributed by atoms with Crippen molar-refractivity contribution in [3.63, 3.8) is 0 Å². The number of ether oxygens (including phenoxy) is 1. The van der Waals surface area contributed by atoms with E-state index in [1.807, 2.05) is 0 Å². The number of carbonyl (C=O) groups excluding carboxylic acids is 1. The van der Waals surface area contributed by atoms with Crippen LogP contribution in [0.5, 0.6) is 5.75 Å². The van der Waals surface area contributed by atoms with Crippen LogP contribution in [0.25, 0.3) is 0 Å². The summed E-state index contributed by atoms with van der Waals surface area (Å²) in [4.78, 5) is 12.3. The zero-order valence-corrected chi connectivity index (χ0v) is 13.1. The van der Waals surface area contributed by atoms with E-state index >= 15 is 0 Å². The van der Waals surface area contributed by atoms with Crippen molar-refractivity contribution in [2.45, 2.75) is 0 Å². The molecule has 0 radical (unpaired) electrons. The molecule has 0 fully saturated rings. The van der Waals surface area contributed by atoms with Crippen molar-refractivity contribution in [3.8, 4) is 5.75 Å². The van der Waals surface area contributed by atoms with Gasteiger partial charge in [-0.3, -0.25) is 4.79 Å². The second-order valence-electron chi connectivity index (χ2n) is 3.78. The Morgan fingerprint density at radius 3 is 2.58 bits per heavy atom. The second kappa shape index (κ2) is 5.84. The summed E-state index contributed by atoms with van der Waals surface area (Å²) in [5.41, 5.74) is 0.746.